The molecule has 1 rings (SSSR count). The fraction of sp³-hybridized carbons (Fsp3) is 0.200. The molecule has 0 aliphatic rings. The predicted molar refractivity (Wildman–Crippen MR) is 50.9 cm³/mol. The van der Waals surface area contributed by atoms with Gasteiger partial charge < -0.3 is 5.32 Å². The van der Waals surface area contributed by atoms with E-state index >= 15 is 0 Å². The monoisotopic (exact) mass is 171 g/mol. The van der Waals surface area contributed by atoms with Crippen molar-refractivity contribution < 1.29 is 0 Å². The summed E-state index contributed by atoms with van der Waals surface area (Å²) in [4.78, 5) is 3.85. The molecule has 1 heterocycles. The second kappa shape index (κ2) is 4.79. The zero-order valence-electron chi connectivity index (χ0n) is 7.33. The molecule has 1 aromatic rings. The largest absolute Gasteiger partial charge is 0.374 e. The molecule has 0 saturated carbocycles. The highest BCUT2D eigenvalue weighted by Crippen LogP contribution is 2.05. The van der Waals surface area contributed by atoms with Crippen molar-refractivity contribution >= 4 is 5.69 Å². The van der Waals surface area contributed by atoms with Crippen LogP contribution in [0.5, 0.6) is 0 Å². The van der Waals surface area contributed by atoms with Crippen LogP contribution >= 0.6 is 0 Å². The van der Waals surface area contributed by atoms with Crippen molar-refractivity contribution in [3.63, 3.8) is 0 Å². The number of aromatic nitrogens is 1. The van der Waals surface area contributed by atoms with E-state index < -0.39 is 0 Å². The number of nitrogens with zero attached hydrogens (tertiary/aromatic N) is 2. The SMILES string of the molecule is CC#CCNc1ccnc(C#N)c1. The standard InChI is InChI=1S/C10H9N3/c1-2-3-5-12-9-4-6-13-10(7-9)8-11/h4,6-7H,5H2,1H3,(H,12,13). The van der Waals surface area contributed by atoms with E-state index in [1.165, 1.54) is 0 Å². The van der Waals surface area contributed by atoms with Gasteiger partial charge in [0.2, 0.25) is 0 Å². The van der Waals surface area contributed by atoms with Gasteiger partial charge in [-0.05, 0) is 19.1 Å². The quantitative estimate of drug-likeness (QED) is 0.684. The Bertz CT molecular complexity index is 379. The molecule has 3 heteroatoms. The van der Waals surface area contributed by atoms with Crippen molar-refractivity contribution in [1.82, 2.24) is 4.98 Å². The van der Waals surface area contributed by atoms with E-state index in [1.54, 1.807) is 25.3 Å². The summed E-state index contributed by atoms with van der Waals surface area (Å²) in [5.41, 5.74) is 1.28. The minimum Gasteiger partial charge on any atom is -0.374 e. The number of pyridine rings is 1. The molecule has 1 N–H and O–H groups in total. The van der Waals surface area contributed by atoms with Gasteiger partial charge in [0, 0.05) is 11.9 Å². The Kier molecular flexibility index (Phi) is 3.35. The number of nitrogens with one attached hydrogen (secondary N) is 1. The van der Waals surface area contributed by atoms with Crippen LogP contribution in [0.15, 0.2) is 18.3 Å². The molecule has 0 fully saturated rings. The van der Waals surface area contributed by atoms with Crippen LogP contribution in [0.1, 0.15) is 12.6 Å². The number of anilines is 1. The minimum atomic E-state index is 0.412. The third kappa shape index (κ3) is 2.84. The lowest BCUT2D eigenvalue weighted by atomic mass is 10.3. The van der Waals surface area contributed by atoms with E-state index in [2.05, 4.69) is 22.1 Å². The third-order valence-corrected chi connectivity index (χ3v) is 1.43. The summed E-state index contributed by atoms with van der Waals surface area (Å²) in [5, 5.41) is 11.6. The van der Waals surface area contributed by atoms with Gasteiger partial charge in [-0.3, -0.25) is 0 Å². The Hall–Kier alpha value is -2.00. The van der Waals surface area contributed by atoms with Crippen LogP contribution in [-0.4, -0.2) is 11.5 Å². The Balaban J connectivity index is 2.66. The van der Waals surface area contributed by atoms with Gasteiger partial charge in [0.25, 0.3) is 0 Å². The molecule has 0 saturated heterocycles. The van der Waals surface area contributed by atoms with Crippen molar-refractivity contribution in [2.24, 2.45) is 0 Å². The van der Waals surface area contributed by atoms with Gasteiger partial charge in [0.1, 0.15) is 11.8 Å². The second-order valence-electron chi connectivity index (χ2n) is 2.32. The van der Waals surface area contributed by atoms with Gasteiger partial charge in [-0.25, -0.2) is 4.98 Å². The molecule has 0 radical (unpaired) electrons. The highest BCUT2D eigenvalue weighted by molar-refractivity contribution is 5.46. The van der Waals surface area contributed by atoms with E-state index in [-0.39, 0.29) is 0 Å². The van der Waals surface area contributed by atoms with Crippen LogP contribution < -0.4 is 5.32 Å². The summed E-state index contributed by atoms with van der Waals surface area (Å²) >= 11 is 0. The number of hydrogen-bond acceptors (Lipinski definition) is 3. The fourth-order valence-corrected chi connectivity index (χ4v) is 0.836. The van der Waals surface area contributed by atoms with Crippen LogP contribution in [0.4, 0.5) is 5.69 Å². The summed E-state index contributed by atoms with van der Waals surface area (Å²) in [7, 11) is 0. The molecule has 0 aliphatic heterocycles. The topological polar surface area (TPSA) is 48.7 Å². The van der Waals surface area contributed by atoms with Crippen molar-refractivity contribution in [2.45, 2.75) is 6.92 Å². The summed E-state index contributed by atoms with van der Waals surface area (Å²) < 4.78 is 0. The molecular weight excluding hydrogens is 162 g/mol. The van der Waals surface area contributed by atoms with Crippen LogP contribution in [-0.2, 0) is 0 Å². The first kappa shape index (κ1) is 9.09. The molecule has 0 aliphatic carbocycles. The Morgan fingerprint density at radius 3 is 3.15 bits per heavy atom. The Labute approximate surface area is 77.4 Å². The van der Waals surface area contributed by atoms with Gasteiger partial charge in [-0.15, -0.1) is 5.92 Å². The molecule has 0 amide bonds. The summed E-state index contributed by atoms with van der Waals surface area (Å²) in [6, 6.07) is 5.47. The molecule has 1 aromatic heterocycles. The first-order valence-corrected chi connectivity index (χ1v) is 3.86. The molecule has 64 valence electrons. The summed E-state index contributed by atoms with van der Waals surface area (Å²) in [6.45, 7) is 2.38. The molecule has 13 heavy (non-hydrogen) atoms. The van der Waals surface area contributed by atoms with Crippen LogP contribution in [0.2, 0.25) is 0 Å². The van der Waals surface area contributed by atoms with Gasteiger partial charge in [-0.1, -0.05) is 5.92 Å². The lowest BCUT2D eigenvalue weighted by Crippen LogP contribution is -1.99. The van der Waals surface area contributed by atoms with Crippen molar-refractivity contribution in [3.05, 3.63) is 24.0 Å². The van der Waals surface area contributed by atoms with Crippen LogP contribution in [0.25, 0.3) is 0 Å². The lowest BCUT2D eigenvalue weighted by Gasteiger charge is -2.00. The molecule has 0 unspecified atom stereocenters. The van der Waals surface area contributed by atoms with Gasteiger partial charge in [0.15, 0.2) is 0 Å². The summed E-state index contributed by atoms with van der Waals surface area (Å²) in [5.74, 6) is 5.64. The van der Waals surface area contributed by atoms with Gasteiger partial charge in [0.05, 0.1) is 6.54 Å². The van der Waals surface area contributed by atoms with Crippen molar-refractivity contribution in [3.8, 4) is 17.9 Å². The maximum atomic E-state index is 8.57. The molecule has 0 spiro atoms. The van der Waals surface area contributed by atoms with Gasteiger partial charge in [-0.2, -0.15) is 5.26 Å². The van der Waals surface area contributed by atoms with Gasteiger partial charge >= 0.3 is 0 Å². The van der Waals surface area contributed by atoms with E-state index in [9.17, 15) is 0 Å². The smallest absolute Gasteiger partial charge is 0.142 e. The average Bonchev–Trinajstić information content (AvgIpc) is 2.19. The fourth-order valence-electron chi connectivity index (χ4n) is 0.836. The maximum Gasteiger partial charge on any atom is 0.142 e. The molecule has 0 aromatic carbocycles. The third-order valence-electron chi connectivity index (χ3n) is 1.43. The van der Waals surface area contributed by atoms with Crippen LogP contribution in [0.3, 0.4) is 0 Å². The van der Waals surface area contributed by atoms with Crippen LogP contribution in [0, 0.1) is 23.2 Å². The zero-order chi connectivity index (χ0) is 9.52. The normalized spacial score (nSPS) is 8.00. The van der Waals surface area contributed by atoms with Crippen molar-refractivity contribution in [1.29, 1.82) is 5.26 Å². The highest BCUT2D eigenvalue weighted by atomic mass is 14.9. The molecule has 3 nitrogen and oxygen atoms in total. The highest BCUT2D eigenvalue weighted by Gasteiger charge is 1.93. The Morgan fingerprint density at radius 1 is 1.62 bits per heavy atom. The summed E-state index contributed by atoms with van der Waals surface area (Å²) in [6.07, 6.45) is 1.60. The first-order valence-electron chi connectivity index (χ1n) is 3.86. The number of nitriles is 1. The average molecular weight is 171 g/mol. The maximum absolute atomic E-state index is 8.57. The first-order chi connectivity index (χ1) is 6.36. The van der Waals surface area contributed by atoms with Crippen molar-refractivity contribution in [2.75, 3.05) is 11.9 Å². The van der Waals surface area contributed by atoms with E-state index in [4.69, 9.17) is 5.26 Å². The zero-order valence-corrected chi connectivity index (χ0v) is 7.33. The van der Waals surface area contributed by atoms with E-state index in [0.29, 0.717) is 12.2 Å². The molecule has 0 bridgehead atoms. The van der Waals surface area contributed by atoms with E-state index in [1.807, 2.05) is 6.07 Å². The Morgan fingerprint density at radius 2 is 2.46 bits per heavy atom. The number of hydrogen-bond donors (Lipinski definition) is 1. The second-order valence-corrected chi connectivity index (χ2v) is 2.32. The predicted octanol–water partition coefficient (Wildman–Crippen LogP) is 1.39. The number of rotatable bonds is 2. The lowest BCUT2D eigenvalue weighted by molar-refractivity contribution is 1.25. The molecule has 0 atom stereocenters. The van der Waals surface area contributed by atoms with E-state index in [0.717, 1.165) is 5.69 Å². The molecular formula is C10H9N3. The minimum absolute atomic E-state index is 0.412.